The first-order valence-corrected chi connectivity index (χ1v) is 4.56. The molecule has 1 aromatic rings. The van der Waals surface area contributed by atoms with E-state index >= 15 is 0 Å². The normalized spacial score (nSPS) is 28.9. The van der Waals surface area contributed by atoms with Crippen molar-refractivity contribution in [2.45, 2.75) is 12.3 Å². The predicted octanol–water partition coefficient (Wildman–Crippen LogP) is 2.10. The second-order valence-electron chi connectivity index (χ2n) is 2.98. The summed E-state index contributed by atoms with van der Waals surface area (Å²) in [6.07, 6.45) is 1.19. The molecule has 0 saturated heterocycles. The van der Waals surface area contributed by atoms with E-state index in [1.807, 2.05) is 12.1 Å². The highest BCUT2D eigenvalue weighted by molar-refractivity contribution is 9.10. The maximum absolute atomic E-state index is 5.51. The Morgan fingerprint density at radius 1 is 1.64 bits per heavy atom. The summed E-state index contributed by atoms with van der Waals surface area (Å²) in [5, 5.41) is 0. The van der Waals surface area contributed by atoms with E-state index in [1.165, 1.54) is 6.42 Å². The number of rotatable bonds is 2. The average molecular weight is 216 g/mol. The van der Waals surface area contributed by atoms with Gasteiger partial charge in [-0.05, 0) is 46.9 Å². The maximum atomic E-state index is 5.51. The monoisotopic (exact) mass is 215 g/mol. The van der Waals surface area contributed by atoms with E-state index in [2.05, 4.69) is 15.9 Å². The molecule has 2 atom stereocenters. The van der Waals surface area contributed by atoms with Crippen molar-refractivity contribution in [2.24, 2.45) is 11.7 Å². The number of furan rings is 1. The lowest BCUT2D eigenvalue weighted by Crippen LogP contribution is -2.01. The lowest BCUT2D eigenvalue weighted by atomic mass is 10.2. The van der Waals surface area contributed by atoms with E-state index in [4.69, 9.17) is 10.2 Å². The highest BCUT2D eigenvalue weighted by Crippen LogP contribution is 2.47. The van der Waals surface area contributed by atoms with Gasteiger partial charge in [-0.1, -0.05) is 0 Å². The molecule has 2 nitrogen and oxygen atoms in total. The molecule has 2 rings (SSSR count). The SMILES string of the molecule is NC[C@@H]1C[C@H]1c1ccc(Br)o1. The number of hydrogen-bond acceptors (Lipinski definition) is 2. The second-order valence-corrected chi connectivity index (χ2v) is 3.76. The van der Waals surface area contributed by atoms with Crippen molar-refractivity contribution < 1.29 is 4.42 Å². The van der Waals surface area contributed by atoms with Gasteiger partial charge in [-0.15, -0.1) is 0 Å². The minimum absolute atomic E-state index is 0.589. The van der Waals surface area contributed by atoms with Gasteiger partial charge in [0.1, 0.15) is 5.76 Å². The van der Waals surface area contributed by atoms with E-state index in [0.717, 1.165) is 17.0 Å². The molecule has 2 N–H and O–H groups in total. The summed E-state index contributed by atoms with van der Waals surface area (Å²) < 4.78 is 6.22. The minimum Gasteiger partial charge on any atom is -0.454 e. The van der Waals surface area contributed by atoms with Crippen LogP contribution in [0, 0.1) is 5.92 Å². The zero-order chi connectivity index (χ0) is 7.84. The summed E-state index contributed by atoms with van der Waals surface area (Å²) in [6.45, 7) is 0.781. The standard InChI is InChI=1S/C8H10BrNO/c9-8-2-1-7(11-8)6-3-5(6)4-10/h1-2,5-6H,3-4,10H2/t5-,6+/m0/s1. The largest absolute Gasteiger partial charge is 0.454 e. The summed E-state index contributed by atoms with van der Waals surface area (Å²) >= 11 is 3.27. The fourth-order valence-corrected chi connectivity index (χ4v) is 1.70. The molecule has 0 amide bonds. The van der Waals surface area contributed by atoms with Crippen molar-refractivity contribution in [3.63, 3.8) is 0 Å². The number of halogens is 1. The van der Waals surface area contributed by atoms with E-state index in [0.29, 0.717) is 11.8 Å². The Morgan fingerprint density at radius 3 is 2.91 bits per heavy atom. The lowest BCUT2D eigenvalue weighted by Gasteiger charge is -1.90. The lowest BCUT2D eigenvalue weighted by molar-refractivity contribution is 0.483. The fraction of sp³-hybridized carbons (Fsp3) is 0.500. The van der Waals surface area contributed by atoms with Crippen LogP contribution in [0.2, 0.25) is 0 Å². The summed E-state index contributed by atoms with van der Waals surface area (Å²) in [7, 11) is 0. The van der Waals surface area contributed by atoms with Crippen LogP contribution in [0.3, 0.4) is 0 Å². The molecule has 1 aliphatic carbocycles. The van der Waals surface area contributed by atoms with Crippen LogP contribution in [0.4, 0.5) is 0 Å². The molecule has 1 fully saturated rings. The molecule has 0 radical (unpaired) electrons. The molecule has 11 heavy (non-hydrogen) atoms. The summed E-state index contributed by atoms with van der Waals surface area (Å²) in [6, 6.07) is 3.95. The van der Waals surface area contributed by atoms with Gasteiger partial charge in [-0.3, -0.25) is 0 Å². The van der Waals surface area contributed by atoms with Gasteiger partial charge in [-0.25, -0.2) is 0 Å². The highest BCUT2D eigenvalue weighted by atomic mass is 79.9. The first kappa shape index (κ1) is 7.37. The first-order chi connectivity index (χ1) is 5.31. The highest BCUT2D eigenvalue weighted by Gasteiger charge is 2.39. The molecule has 3 heteroatoms. The zero-order valence-corrected chi connectivity index (χ0v) is 7.67. The molecular formula is C8H10BrNO. The quantitative estimate of drug-likeness (QED) is 0.822. The Kier molecular flexibility index (Phi) is 1.77. The topological polar surface area (TPSA) is 39.2 Å². The van der Waals surface area contributed by atoms with Gasteiger partial charge in [0.2, 0.25) is 0 Å². The van der Waals surface area contributed by atoms with Crippen LogP contribution in [-0.2, 0) is 0 Å². The Balaban J connectivity index is 2.08. The Morgan fingerprint density at radius 2 is 2.45 bits per heavy atom. The van der Waals surface area contributed by atoms with Crippen LogP contribution < -0.4 is 5.73 Å². The number of nitrogens with two attached hydrogens (primary N) is 1. The van der Waals surface area contributed by atoms with Crippen molar-refractivity contribution in [3.8, 4) is 0 Å². The van der Waals surface area contributed by atoms with E-state index in [1.54, 1.807) is 0 Å². The molecule has 0 aromatic carbocycles. The van der Waals surface area contributed by atoms with Crippen molar-refractivity contribution in [1.29, 1.82) is 0 Å². The molecule has 0 unspecified atom stereocenters. The van der Waals surface area contributed by atoms with Crippen LogP contribution in [0.15, 0.2) is 21.2 Å². The molecular weight excluding hydrogens is 206 g/mol. The van der Waals surface area contributed by atoms with Gasteiger partial charge in [-0.2, -0.15) is 0 Å². The third-order valence-electron chi connectivity index (χ3n) is 2.18. The Labute approximate surface area is 73.9 Å². The van der Waals surface area contributed by atoms with Gasteiger partial charge in [0.15, 0.2) is 4.67 Å². The van der Waals surface area contributed by atoms with Crippen molar-refractivity contribution >= 4 is 15.9 Å². The predicted molar refractivity (Wildman–Crippen MR) is 46.3 cm³/mol. The maximum Gasteiger partial charge on any atom is 0.169 e. The Bertz CT molecular complexity index is 258. The van der Waals surface area contributed by atoms with Crippen LogP contribution >= 0.6 is 15.9 Å². The molecule has 1 saturated carbocycles. The molecule has 0 aliphatic heterocycles. The fourth-order valence-electron chi connectivity index (χ4n) is 1.38. The van der Waals surface area contributed by atoms with E-state index in [-0.39, 0.29) is 0 Å². The first-order valence-electron chi connectivity index (χ1n) is 3.76. The average Bonchev–Trinajstić information content (AvgIpc) is 2.68. The molecule has 0 bridgehead atoms. The second kappa shape index (κ2) is 2.64. The van der Waals surface area contributed by atoms with Crippen LogP contribution in [0.1, 0.15) is 18.1 Å². The van der Waals surface area contributed by atoms with Crippen LogP contribution in [0.25, 0.3) is 0 Å². The summed E-state index contributed by atoms with van der Waals surface area (Å²) in [4.78, 5) is 0. The Hall–Kier alpha value is -0.280. The third kappa shape index (κ3) is 1.35. The smallest absolute Gasteiger partial charge is 0.169 e. The van der Waals surface area contributed by atoms with Crippen LogP contribution in [0.5, 0.6) is 0 Å². The van der Waals surface area contributed by atoms with Gasteiger partial charge in [0, 0.05) is 5.92 Å². The summed E-state index contributed by atoms with van der Waals surface area (Å²) in [5.74, 6) is 2.33. The molecule has 1 heterocycles. The van der Waals surface area contributed by atoms with Gasteiger partial charge >= 0.3 is 0 Å². The van der Waals surface area contributed by atoms with Crippen molar-refractivity contribution in [1.82, 2.24) is 0 Å². The van der Waals surface area contributed by atoms with E-state index < -0.39 is 0 Å². The molecule has 0 spiro atoms. The van der Waals surface area contributed by atoms with Crippen molar-refractivity contribution in [3.05, 3.63) is 22.6 Å². The zero-order valence-electron chi connectivity index (χ0n) is 6.09. The third-order valence-corrected chi connectivity index (χ3v) is 2.61. The summed E-state index contributed by atoms with van der Waals surface area (Å²) in [5.41, 5.74) is 5.51. The molecule has 1 aliphatic rings. The minimum atomic E-state index is 0.589. The van der Waals surface area contributed by atoms with Crippen molar-refractivity contribution in [2.75, 3.05) is 6.54 Å². The molecule has 60 valence electrons. The van der Waals surface area contributed by atoms with E-state index in [9.17, 15) is 0 Å². The van der Waals surface area contributed by atoms with Gasteiger partial charge in [0.25, 0.3) is 0 Å². The molecule has 1 aromatic heterocycles. The van der Waals surface area contributed by atoms with Crippen LogP contribution in [-0.4, -0.2) is 6.54 Å². The number of hydrogen-bond donors (Lipinski definition) is 1. The van der Waals surface area contributed by atoms with Gasteiger partial charge in [0.05, 0.1) is 0 Å². The van der Waals surface area contributed by atoms with Gasteiger partial charge < -0.3 is 10.2 Å².